The average Bonchev–Trinajstić information content (AvgIpc) is 2.89. The van der Waals surface area contributed by atoms with Crippen molar-refractivity contribution in [3.05, 3.63) is 36.3 Å². The molecule has 100 valence electrons. The lowest BCUT2D eigenvalue weighted by atomic mass is 10.1. The Hall–Kier alpha value is -1.10. The lowest BCUT2D eigenvalue weighted by Gasteiger charge is -2.33. The van der Waals surface area contributed by atoms with Gasteiger partial charge in [-0.25, -0.2) is 0 Å². The van der Waals surface area contributed by atoms with E-state index in [1.54, 1.807) is 0 Å². The predicted molar refractivity (Wildman–Crippen MR) is 71.2 cm³/mol. The normalized spacial score (nSPS) is 18.7. The molecular formula is C14H22N2O2. The fourth-order valence-corrected chi connectivity index (χ4v) is 2.43. The van der Waals surface area contributed by atoms with E-state index in [-0.39, 0.29) is 6.61 Å². The van der Waals surface area contributed by atoms with E-state index in [4.69, 9.17) is 9.52 Å². The van der Waals surface area contributed by atoms with Crippen LogP contribution >= 0.6 is 0 Å². The number of piperazine rings is 1. The Bertz CT molecular complexity index is 370. The molecule has 0 saturated carbocycles. The summed E-state index contributed by atoms with van der Waals surface area (Å²) in [6.45, 7) is 7.89. The standard InChI is InChI=1S/C14H22N2O2/c1-2-3-4-13(16-9-7-15-8-10-16)14-6-5-12(11-17)18-14/h2,5-6,13,15,17H,1,3-4,7-11H2/t13-/m1/s1. The minimum Gasteiger partial charge on any atom is -0.462 e. The van der Waals surface area contributed by atoms with E-state index in [0.29, 0.717) is 11.8 Å². The number of aliphatic hydroxyl groups is 1. The van der Waals surface area contributed by atoms with Crippen LogP contribution in [-0.4, -0.2) is 36.2 Å². The van der Waals surface area contributed by atoms with Crippen molar-refractivity contribution in [3.8, 4) is 0 Å². The van der Waals surface area contributed by atoms with Crippen LogP contribution in [0, 0.1) is 0 Å². The molecule has 2 N–H and O–H groups in total. The largest absolute Gasteiger partial charge is 0.462 e. The lowest BCUT2D eigenvalue weighted by molar-refractivity contribution is 0.142. The van der Waals surface area contributed by atoms with Crippen molar-refractivity contribution in [3.63, 3.8) is 0 Å². The maximum Gasteiger partial charge on any atom is 0.129 e. The Labute approximate surface area is 108 Å². The maximum absolute atomic E-state index is 9.09. The van der Waals surface area contributed by atoms with Crippen LogP contribution in [-0.2, 0) is 6.61 Å². The second kappa shape index (κ2) is 6.73. The summed E-state index contributed by atoms with van der Waals surface area (Å²) in [4.78, 5) is 2.44. The van der Waals surface area contributed by atoms with Crippen LogP contribution in [0.25, 0.3) is 0 Å². The fraction of sp³-hybridized carbons (Fsp3) is 0.571. The molecule has 1 aliphatic heterocycles. The topological polar surface area (TPSA) is 48.6 Å². The Morgan fingerprint density at radius 1 is 1.44 bits per heavy atom. The van der Waals surface area contributed by atoms with Gasteiger partial charge in [0.15, 0.2) is 0 Å². The SMILES string of the molecule is C=CCC[C@H](c1ccc(CO)o1)N1CCNCC1. The summed E-state index contributed by atoms with van der Waals surface area (Å²) < 4.78 is 5.70. The fourth-order valence-electron chi connectivity index (χ4n) is 2.43. The first kappa shape index (κ1) is 13.3. The second-order valence-corrected chi connectivity index (χ2v) is 4.63. The van der Waals surface area contributed by atoms with Crippen molar-refractivity contribution in [1.82, 2.24) is 10.2 Å². The van der Waals surface area contributed by atoms with Crippen molar-refractivity contribution in [2.75, 3.05) is 26.2 Å². The third-order valence-corrected chi connectivity index (χ3v) is 3.40. The highest BCUT2D eigenvalue weighted by atomic mass is 16.4. The Morgan fingerprint density at radius 3 is 2.83 bits per heavy atom. The van der Waals surface area contributed by atoms with Gasteiger partial charge in [-0.1, -0.05) is 6.08 Å². The van der Waals surface area contributed by atoms with Gasteiger partial charge in [0.1, 0.15) is 18.1 Å². The van der Waals surface area contributed by atoms with Gasteiger partial charge >= 0.3 is 0 Å². The third-order valence-electron chi connectivity index (χ3n) is 3.40. The summed E-state index contributed by atoms with van der Waals surface area (Å²) in [5.41, 5.74) is 0. The van der Waals surface area contributed by atoms with Gasteiger partial charge in [-0.2, -0.15) is 0 Å². The quantitative estimate of drug-likeness (QED) is 0.754. The first-order chi connectivity index (χ1) is 8.85. The van der Waals surface area contributed by atoms with Crippen LogP contribution in [0.1, 0.15) is 30.4 Å². The van der Waals surface area contributed by atoms with Crippen molar-refractivity contribution in [1.29, 1.82) is 0 Å². The molecule has 1 aromatic heterocycles. The number of hydrogen-bond donors (Lipinski definition) is 2. The van der Waals surface area contributed by atoms with Crippen LogP contribution < -0.4 is 5.32 Å². The highest BCUT2D eigenvalue weighted by molar-refractivity contribution is 5.11. The van der Waals surface area contributed by atoms with Gasteiger partial charge in [0, 0.05) is 26.2 Å². The van der Waals surface area contributed by atoms with Crippen molar-refractivity contribution < 1.29 is 9.52 Å². The van der Waals surface area contributed by atoms with E-state index in [2.05, 4.69) is 16.8 Å². The van der Waals surface area contributed by atoms with Gasteiger partial charge in [0.05, 0.1) is 6.04 Å². The van der Waals surface area contributed by atoms with Crippen molar-refractivity contribution in [2.24, 2.45) is 0 Å². The molecule has 4 nitrogen and oxygen atoms in total. The third kappa shape index (κ3) is 3.22. The molecule has 1 aromatic rings. The van der Waals surface area contributed by atoms with Crippen LogP contribution in [0.5, 0.6) is 0 Å². The van der Waals surface area contributed by atoms with E-state index in [0.717, 1.165) is 44.8 Å². The number of furan rings is 1. The van der Waals surface area contributed by atoms with E-state index in [1.165, 1.54) is 0 Å². The molecule has 0 amide bonds. The molecular weight excluding hydrogens is 228 g/mol. The van der Waals surface area contributed by atoms with E-state index in [1.807, 2.05) is 18.2 Å². The molecule has 0 aliphatic carbocycles. The van der Waals surface area contributed by atoms with Gasteiger partial charge in [0.25, 0.3) is 0 Å². The molecule has 1 saturated heterocycles. The minimum absolute atomic E-state index is 0.0320. The molecule has 2 heterocycles. The zero-order chi connectivity index (χ0) is 12.8. The summed E-state index contributed by atoms with van der Waals surface area (Å²) in [6, 6.07) is 4.14. The first-order valence-corrected chi connectivity index (χ1v) is 6.60. The van der Waals surface area contributed by atoms with Gasteiger partial charge in [-0.05, 0) is 25.0 Å². The van der Waals surface area contributed by atoms with Crippen LogP contribution in [0.15, 0.2) is 29.2 Å². The molecule has 1 atom stereocenters. The summed E-state index contributed by atoms with van der Waals surface area (Å²) >= 11 is 0. The number of hydrogen-bond acceptors (Lipinski definition) is 4. The summed E-state index contributed by atoms with van der Waals surface area (Å²) in [7, 11) is 0. The van der Waals surface area contributed by atoms with Gasteiger partial charge in [0.2, 0.25) is 0 Å². The molecule has 1 aliphatic rings. The molecule has 18 heavy (non-hydrogen) atoms. The molecule has 1 fully saturated rings. The van der Waals surface area contributed by atoms with Gasteiger partial charge in [-0.3, -0.25) is 4.90 Å². The summed E-state index contributed by atoms with van der Waals surface area (Å²) in [6.07, 6.45) is 3.94. The number of rotatable bonds is 6. The van der Waals surface area contributed by atoms with Crippen molar-refractivity contribution >= 4 is 0 Å². The predicted octanol–water partition coefficient (Wildman–Crippen LogP) is 1.68. The van der Waals surface area contributed by atoms with Crippen LogP contribution in [0.3, 0.4) is 0 Å². The molecule has 0 spiro atoms. The highest BCUT2D eigenvalue weighted by Crippen LogP contribution is 2.27. The smallest absolute Gasteiger partial charge is 0.129 e. The van der Waals surface area contributed by atoms with Gasteiger partial charge < -0.3 is 14.8 Å². The monoisotopic (exact) mass is 250 g/mol. The highest BCUT2D eigenvalue weighted by Gasteiger charge is 2.24. The number of allylic oxidation sites excluding steroid dienone is 1. The maximum atomic E-state index is 9.09. The van der Waals surface area contributed by atoms with Crippen LogP contribution in [0.4, 0.5) is 0 Å². The molecule has 0 bridgehead atoms. The molecule has 2 rings (SSSR count). The summed E-state index contributed by atoms with van der Waals surface area (Å²) in [5, 5.41) is 12.4. The number of aliphatic hydroxyl groups excluding tert-OH is 1. The van der Waals surface area contributed by atoms with E-state index < -0.39 is 0 Å². The van der Waals surface area contributed by atoms with Crippen molar-refractivity contribution in [2.45, 2.75) is 25.5 Å². The van der Waals surface area contributed by atoms with E-state index >= 15 is 0 Å². The lowest BCUT2D eigenvalue weighted by Crippen LogP contribution is -2.45. The number of nitrogens with one attached hydrogen (secondary N) is 1. The Morgan fingerprint density at radius 2 is 2.22 bits per heavy atom. The Balaban J connectivity index is 2.09. The first-order valence-electron chi connectivity index (χ1n) is 6.60. The van der Waals surface area contributed by atoms with Gasteiger partial charge in [-0.15, -0.1) is 6.58 Å². The average molecular weight is 250 g/mol. The zero-order valence-electron chi connectivity index (χ0n) is 10.8. The van der Waals surface area contributed by atoms with E-state index in [9.17, 15) is 0 Å². The number of nitrogens with zero attached hydrogens (tertiary/aromatic N) is 1. The molecule has 0 unspecified atom stereocenters. The minimum atomic E-state index is -0.0320. The Kier molecular flexibility index (Phi) is 4.99. The summed E-state index contributed by atoms with van der Waals surface area (Å²) in [5.74, 6) is 1.60. The van der Waals surface area contributed by atoms with Crippen LogP contribution in [0.2, 0.25) is 0 Å². The molecule has 0 aromatic carbocycles. The molecule has 4 heteroatoms. The second-order valence-electron chi connectivity index (χ2n) is 4.63. The molecule has 0 radical (unpaired) electrons. The zero-order valence-corrected chi connectivity index (χ0v) is 10.8.